The monoisotopic (exact) mass is 379 g/mol. The quantitative estimate of drug-likeness (QED) is 0.592. The number of aromatic nitrogens is 2. The predicted molar refractivity (Wildman–Crippen MR) is 117 cm³/mol. The summed E-state index contributed by atoms with van der Waals surface area (Å²) in [5.41, 5.74) is 3.81. The fourth-order valence-corrected chi connectivity index (χ4v) is 3.58. The van der Waals surface area contributed by atoms with Crippen molar-refractivity contribution in [1.82, 2.24) is 14.3 Å². The summed E-state index contributed by atoms with van der Waals surface area (Å²) in [5.74, 6) is 0. The molecule has 1 aliphatic heterocycles. The summed E-state index contributed by atoms with van der Waals surface area (Å²) in [5, 5.41) is 0. The Kier molecular flexibility index (Phi) is 6.09. The van der Waals surface area contributed by atoms with Crippen molar-refractivity contribution in [3.05, 3.63) is 64.7 Å². The van der Waals surface area contributed by atoms with Crippen molar-refractivity contribution in [2.45, 2.75) is 25.8 Å². The van der Waals surface area contributed by atoms with E-state index >= 15 is 0 Å². The van der Waals surface area contributed by atoms with Crippen molar-refractivity contribution < 1.29 is 0 Å². The molecule has 0 bridgehead atoms. The van der Waals surface area contributed by atoms with Crippen LogP contribution in [0.25, 0.3) is 5.65 Å². The summed E-state index contributed by atoms with van der Waals surface area (Å²) in [4.78, 5) is 26.3. The summed E-state index contributed by atoms with van der Waals surface area (Å²) < 4.78 is 1.62. The molecule has 6 heteroatoms. The van der Waals surface area contributed by atoms with Crippen LogP contribution in [0.3, 0.4) is 0 Å². The van der Waals surface area contributed by atoms with E-state index in [-0.39, 0.29) is 5.56 Å². The van der Waals surface area contributed by atoms with Gasteiger partial charge in [0, 0.05) is 38.4 Å². The molecule has 0 aromatic carbocycles. The molecule has 0 spiro atoms. The van der Waals surface area contributed by atoms with Crippen LogP contribution in [0.1, 0.15) is 25.5 Å². The lowest BCUT2D eigenvalue weighted by Gasteiger charge is -2.36. The first kappa shape index (κ1) is 20.0. The van der Waals surface area contributed by atoms with Gasteiger partial charge in [-0.15, -0.1) is 0 Å². The molecule has 1 fully saturated rings. The number of rotatable bonds is 5. The van der Waals surface area contributed by atoms with E-state index in [4.69, 9.17) is 0 Å². The van der Waals surface area contributed by atoms with Gasteiger partial charge in [0.2, 0.25) is 0 Å². The van der Waals surface area contributed by atoms with Gasteiger partial charge >= 0.3 is 0 Å². The zero-order chi connectivity index (χ0) is 20.3. The topological polar surface area (TPSA) is 53.2 Å². The smallest absolute Gasteiger partial charge is 0.258 e. The Morgan fingerprint density at radius 1 is 1.32 bits per heavy atom. The van der Waals surface area contributed by atoms with Crippen LogP contribution >= 0.6 is 0 Å². The van der Waals surface area contributed by atoms with Gasteiger partial charge in [0.05, 0.1) is 17.1 Å². The SMILES string of the molecule is C=C/C(C)=C/C(=NC)c1cc(=O)n2cc(N3CCC(N(C)C)CC3)ccc2n1. The molecule has 2 aromatic rings. The second-order valence-corrected chi connectivity index (χ2v) is 7.48. The third-order valence-corrected chi connectivity index (χ3v) is 5.39. The number of allylic oxidation sites excluding steroid dienone is 3. The molecule has 1 saturated heterocycles. The van der Waals surface area contributed by atoms with Gasteiger partial charge in [-0.25, -0.2) is 4.98 Å². The van der Waals surface area contributed by atoms with E-state index < -0.39 is 0 Å². The Balaban J connectivity index is 1.91. The number of hydrogen-bond donors (Lipinski definition) is 0. The second kappa shape index (κ2) is 8.52. The lowest BCUT2D eigenvalue weighted by atomic mass is 10.0. The van der Waals surface area contributed by atoms with Crippen LogP contribution in [0.15, 0.2) is 58.5 Å². The van der Waals surface area contributed by atoms with Crippen molar-refractivity contribution in [3.63, 3.8) is 0 Å². The van der Waals surface area contributed by atoms with Crippen LogP contribution in [0, 0.1) is 0 Å². The summed E-state index contributed by atoms with van der Waals surface area (Å²) >= 11 is 0. The van der Waals surface area contributed by atoms with Gasteiger partial charge in [-0.3, -0.25) is 14.2 Å². The fraction of sp³-hybridized carbons (Fsp3) is 0.409. The van der Waals surface area contributed by atoms with E-state index in [1.165, 1.54) is 0 Å². The van der Waals surface area contributed by atoms with Gasteiger partial charge < -0.3 is 9.80 Å². The minimum atomic E-state index is -0.101. The third-order valence-electron chi connectivity index (χ3n) is 5.39. The summed E-state index contributed by atoms with van der Waals surface area (Å²) in [7, 11) is 5.98. The highest BCUT2D eigenvalue weighted by Crippen LogP contribution is 2.21. The van der Waals surface area contributed by atoms with Crippen LogP contribution in [0.5, 0.6) is 0 Å². The molecule has 0 saturated carbocycles. The Labute approximate surface area is 166 Å². The standard InChI is InChI=1S/C22H29N5O/c1-6-16(2)13-19(23-3)20-14-22(28)27-15-18(7-8-21(27)24-20)26-11-9-17(10-12-26)25(4)5/h6-8,13-15,17H,1,9-12H2,2-5H3/b16-13+,23-19?. The molecule has 0 radical (unpaired) electrons. The number of pyridine rings is 1. The molecule has 148 valence electrons. The van der Waals surface area contributed by atoms with Crippen LogP contribution < -0.4 is 10.5 Å². The molecule has 2 aromatic heterocycles. The van der Waals surface area contributed by atoms with E-state index in [9.17, 15) is 4.79 Å². The predicted octanol–water partition coefficient (Wildman–Crippen LogP) is 2.78. The fourth-order valence-electron chi connectivity index (χ4n) is 3.58. The number of piperidine rings is 1. The van der Waals surface area contributed by atoms with E-state index in [2.05, 4.69) is 46.5 Å². The Morgan fingerprint density at radius 2 is 2.04 bits per heavy atom. The summed E-state index contributed by atoms with van der Waals surface area (Å²) in [6, 6.07) is 6.14. The number of nitrogens with zero attached hydrogens (tertiary/aromatic N) is 5. The zero-order valence-corrected chi connectivity index (χ0v) is 17.2. The highest BCUT2D eigenvalue weighted by Gasteiger charge is 2.21. The maximum absolute atomic E-state index is 12.8. The third kappa shape index (κ3) is 4.22. The van der Waals surface area contributed by atoms with Crippen LogP contribution in [0.2, 0.25) is 0 Å². The molecule has 3 heterocycles. The van der Waals surface area contributed by atoms with Crippen molar-refractivity contribution in [1.29, 1.82) is 0 Å². The summed E-state index contributed by atoms with van der Waals surface area (Å²) in [6.45, 7) is 7.69. The highest BCUT2D eigenvalue weighted by atomic mass is 16.1. The first-order valence-electron chi connectivity index (χ1n) is 9.65. The molecule has 0 amide bonds. The molecule has 0 N–H and O–H groups in total. The van der Waals surface area contributed by atoms with Crippen molar-refractivity contribution >= 4 is 17.0 Å². The molecule has 6 nitrogen and oxygen atoms in total. The van der Waals surface area contributed by atoms with Crippen molar-refractivity contribution in [2.24, 2.45) is 4.99 Å². The van der Waals surface area contributed by atoms with Gasteiger partial charge in [-0.1, -0.05) is 12.7 Å². The van der Waals surface area contributed by atoms with Gasteiger partial charge in [-0.2, -0.15) is 0 Å². The highest BCUT2D eigenvalue weighted by molar-refractivity contribution is 6.08. The normalized spacial score (nSPS) is 16.8. The minimum absolute atomic E-state index is 0.101. The lowest BCUT2D eigenvalue weighted by molar-refractivity contribution is 0.249. The van der Waals surface area contributed by atoms with Gasteiger partial charge in [0.15, 0.2) is 0 Å². The molecule has 0 atom stereocenters. The van der Waals surface area contributed by atoms with Gasteiger partial charge in [0.25, 0.3) is 5.56 Å². The zero-order valence-electron chi connectivity index (χ0n) is 17.2. The Bertz CT molecular complexity index is 978. The largest absolute Gasteiger partial charge is 0.370 e. The van der Waals surface area contributed by atoms with E-state index in [0.29, 0.717) is 23.1 Å². The average Bonchev–Trinajstić information content (AvgIpc) is 2.71. The second-order valence-electron chi connectivity index (χ2n) is 7.48. The van der Waals surface area contributed by atoms with E-state index in [1.807, 2.05) is 25.3 Å². The average molecular weight is 380 g/mol. The minimum Gasteiger partial charge on any atom is -0.370 e. The molecular weight excluding hydrogens is 350 g/mol. The number of aliphatic imine (C=N–C) groups is 1. The molecule has 3 rings (SSSR count). The molecule has 1 aliphatic rings. The first-order chi connectivity index (χ1) is 13.4. The van der Waals surface area contributed by atoms with Crippen LogP contribution in [-0.4, -0.2) is 60.3 Å². The van der Waals surface area contributed by atoms with Gasteiger partial charge in [-0.05, 0) is 57.6 Å². The van der Waals surface area contributed by atoms with E-state index in [0.717, 1.165) is 37.2 Å². The Hall–Kier alpha value is -2.73. The number of anilines is 1. The van der Waals surface area contributed by atoms with Gasteiger partial charge in [0.1, 0.15) is 5.65 Å². The molecular formula is C22H29N5O. The van der Waals surface area contributed by atoms with E-state index in [1.54, 1.807) is 23.6 Å². The number of hydrogen-bond acceptors (Lipinski definition) is 5. The van der Waals surface area contributed by atoms with Crippen LogP contribution in [-0.2, 0) is 0 Å². The summed E-state index contributed by atoms with van der Waals surface area (Å²) in [6.07, 6.45) is 7.79. The molecule has 0 unspecified atom stereocenters. The van der Waals surface area contributed by atoms with Crippen molar-refractivity contribution in [2.75, 3.05) is 39.1 Å². The first-order valence-corrected chi connectivity index (χ1v) is 9.65. The van der Waals surface area contributed by atoms with Crippen LogP contribution in [0.4, 0.5) is 5.69 Å². The molecule has 0 aliphatic carbocycles. The number of fused-ring (bicyclic) bond motifs is 1. The maximum atomic E-state index is 12.8. The maximum Gasteiger partial charge on any atom is 0.258 e. The lowest BCUT2D eigenvalue weighted by Crippen LogP contribution is -2.42. The molecule has 28 heavy (non-hydrogen) atoms. The van der Waals surface area contributed by atoms with Crippen molar-refractivity contribution in [3.8, 4) is 0 Å². The Morgan fingerprint density at radius 3 is 2.64 bits per heavy atom.